The summed E-state index contributed by atoms with van der Waals surface area (Å²) >= 11 is 0. The summed E-state index contributed by atoms with van der Waals surface area (Å²) in [4.78, 5) is 21.1. The molecule has 2 heterocycles. The molecule has 1 saturated heterocycles. The van der Waals surface area contributed by atoms with Crippen LogP contribution in [-0.2, 0) is 4.79 Å². The molecule has 29 heavy (non-hydrogen) atoms. The van der Waals surface area contributed by atoms with Crippen LogP contribution in [0.25, 0.3) is 0 Å². The Morgan fingerprint density at radius 3 is 2.79 bits per heavy atom. The average molecular weight is 512 g/mol. The Morgan fingerprint density at radius 1 is 1.21 bits per heavy atom. The summed E-state index contributed by atoms with van der Waals surface area (Å²) in [7, 11) is 1.87. The second-order valence-corrected chi connectivity index (χ2v) is 8.36. The highest BCUT2D eigenvalue weighted by molar-refractivity contribution is 14.0. The van der Waals surface area contributed by atoms with Gasteiger partial charge in [-0.2, -0.15) is 0 Å². The van der Waals surface area contributed by atoms with Gasteiger partial charge in [-0.1, -0.05) is 31.4 Å². The van der Waals surface area contributed by atoms with Gasteiger partial charge >= 0.3 is 0 Å². The Balaban J connectivity index is 0.00000240. The van der Waals surface area contributed by atoms with Crippen molar-refractivity contribution < 1.29 is 9.53 Å². The van der Waals surface area contributed by atoms with Gasteiger partial charge in [-0.3, -0.25) is 9.79 Å². The van der Waals surface area contributed by atoms with E-state index >= 15 is 0 Å². The smallest absolute Gasteiger partial charge is 0.265 e. The fourth-order valence-electron chi connectivity index (χ4n) is 4.99. The maximum absolute atomic E-state index is 12.3. The zero-order valence-corrected chi connectivity index (χ0v) is 19.7. The fraction of sp³-hybridized carbons (Fsp3) is 0.636. The van der Waals surface area contributed by atoms with Gasteiger partial charge in [0.05, 0.1) is 5.69 Å². The number of fused-ring (bicyclic) bond motifs is 1. The number of nitrogens with zero attached hydrogens (tertiary/aromatic N) is 3. The number of aliphatic imine (C=N–C) groups is 1. The van der Waals surface area contributed by atoms with Crippen LogP contribution in [0.3, 0.4) is 0 Å². The number of guanidine groups is 1. The van der Waals surface area contributed by atoms with Gasteiger partial charge in [0.25, 0.3) is 5.91 Å². The van der Waals surface area contributed by atoms with Gasteiger partial charge in [-0.15, -0.1) is 24.0 Å². The Kier molecular flexibility index (Phi) is 7.65. The predicted octanol–water partition coefficient (Wildman–Crippen LogP) is 3.65. The highest BCUT2D eigenvalue weighted by Crippen LogP contribution is 2.43. The third-order valence-corrected chi connectivity index (χ3v) is 6.51. The molecule has 2 aliphatic heterocycles. The van der Waals surface area contributed by atoms with Gasteiger partial charge in [0.15, 0.2) is 12.6 Å². The summed E-state index contributed by atoms with van der Waals surface area (Å²) in [5, 5.41) is 3.52. The quantitative estimate of drug-likeness (QED) is 0.290. The van der Waals surface area contributed by atoms with Crippen LogP contribution in [0.4, 0.5) is 5.69 Å². The summed E-state index contributed by atoms with van der Waals surface area (Å²) < 4.78 is 5.52. The van der Waals surface area contributed by atoms with Gasteiger partial charge in [0.1, 0.15) is 5.75 Å². The van der Waals surface area contributed by atoms with E-state index in [1.165, 1.54) is 38.5 Å². The Labute approximate surface area is 191 Å². The molecule has 1 aromatic rings. The van der Waals surface area contributed by atoms with E-state index in [1.807, 2.05) is 36.2 Å². The van der Waals surface area contributed by atoms with E-state index < -0.39 is 0 Å². The molecular formula is C22H33IN4O2. The summed E-state index contributed by atoms with van der Waals surface area (Å²) in [5.74, 6) is 1.83. The van der Waals surface area contributed by atoms with Gasteiger partial charge in [0, 0.05) is 33.2 Å². The first-order valence-electron chi connectivity index (χ1n) is 10.7. The van der Waals surface area contributed by atoms with Crippen molar-refractivity contribution in [2.24, 2.45) is 10.4 Å². The topological polar surface area (TPSA) is 57.2 Å². The number of halogens is 1. The van der Waals surface area contributed by atoms with Gasteiger partial charge in [-0.05, 0) is 43.2 Å². The minimum atomic E-state index is 0. The van der Waals surface area contributed by atoms with Crippen molar-refractivity contribution in [3.63, 3.8) is 0 Å². The molecule has 0 unspecified atom stereocenters. The van der Waals surface area contributed by atoms with Crippen molar-refractivity contribution in [2.75, 3.05) is 44.7 Å². The molecule has 3 aliphatic rings. The number of para-hydroxylation sites is 2. The average Bonchev–Trinajstić information content (AvgIpc) is 3.13. The molecule has 1 saturated carbocycles. The highest BCUT2D eigenvalue weighted by atomic mass is 127. The van der Waals surface area contributed by atoms with Gasteiger partial charge < -0.3 is 19.9 Å². The zero-order valence-electron chi connectivity index (χ0n) is 17.4. The number of hydrogen-bond acceptors (Lipinski definition) is 3. The van der Waals surface area contributed by atoms with Crippen LogP contribution in [0.15, 0.2) is 29.3 Å². The summed E-state index contributed by atoms with van der Waals surface area (Å²) in [6.07, 6.45) is 9.09. The number of likely N-dealkylation sites (tertiary alicyclic amines) is 1. The van der Waals surface area contributed by atoms with Crippen LogP contribution in [0.5, 0.6) is 5.75 Å². The van der Waals surface area contributed by atoms with Crippen molar-refractivity contribution in [2.45, 2.75) is 44.9 Å². The number of rotatable bonds is 4. The molecule has 0 bridgehead atoms. The summed E-state index contributed by atoms with van der Waals surface area (Å²) in [6.45, 7) is 3.87. The minimum Gasteiger partial charge on any atom is -0.482 e. The second kappa shape index (κ2) is 10.00. The van der Waals surface area contributed by atoms with Crippen molar-refractivity contribution in [3.8, 4) is 5.75 Å². The van der Waals surface area contributed by atoms with E-state index in [9.17, 15) is 4.79 Å². The minimum absolute atomic E-state index is 0. The maximum Gasteiger partial charge on any atom is 0.265 e. The van der Waals surface area contributed by atoms with Crippen LogP contribution < -0.4 is 15.0 Å². The lowest BCUT2D eigenvalue weighted by molar-refractivity contribution is -0.121. The van der Waals surface area contributed by atoms with Gasteiger partial charge in [-0.25, -0.2) is 0 Å². The Morgan fingerprint density at radius 2 is 2.00 bits per heavy atom. The van der Waals surface area contributed by atoms with Crippen LogP contribution in [0.1, 0.15) is 44.9 Å². The largest absolute Gasteiger partial charge is 0.482 e. The lowest BCUT2D eigenvalue weighted by Gasteiger charge is -2.33. The first-order valence-corrected chi connectivity index (χ1v) is 10.7. The molecule has 1 aromatic carbocycles. The molecule has 2 fully saturated rings. The van der Waals surface area contributed by atoms with Crippen molar-refractivity contribution >= 4 is 41.5 Å². The van der Waals surface area contributed by atoms with E-state index in [-0.39, 0.29) is 36.5 Å². The molecule has 4 rings (SSSR count). The number of anilines is 1. The SMILES string of the molecule is CN=C(NCCCN1C(=O)COc2ccccc21)N1CCC2(CCCCC2)C1.I. The highest BCUT2D eigenvalue weighted by Gasteiger charge is 2.39. The number of hydrogen-bond donors (Lipinski definition) is 1. The number of carbonyl (C=O) groups is 1. The lowest BCUT2D eigenvalue weighted by atomic mass is 9.73. The molecule has 1 spiro atoms. The predicted molar refractivity (Wildman–Crippen MR) is 127 cm³/mol. The fourth-order valence-corrected chi connectivity index (χ4v) is 4.99. The number of benzene rings is 1. The third kappa shape index (κ3) is 4.98. The maximum atomic E-state index is 12.3. The first kappa shape index (κ1) is 22.2. The second-order valence-electron chi connectivity index (χ2n) is 8.36. The molecule has 7 heteroatoms. The molecule has 0 aromatic heterocycles. The number of nitrogens with one attached hydrogen (secondary N) is 1. The monoisotopic (exact) mass is 512 g/mol. The van der Waals surface area contributed by atoms with E-state index in [2.05, 4.69) is 15.2 Å². The van der Waals surface area contributed by atoms with Crippen LogP contribution in [-0.4, -0.2) is 56.6 Å². The van der Waals surface area contributed by atoms with E-state index in [1.54, 1.807) is 0 Å². The Bertz CT molecular complexity index is 733. The molecule has 0 radical (unpaired) electrons. The normalized spacial score (nSPS) is 20.9. The van der Waals surface area contributed by atoms with Crippen LogP contribution in [0.2, 0.25) is 0 Å². The Hall–Kier alpha value is -1.51. The molecule has 1 N–H and O–H groups in total. The van der Waals surface area contributed by atoms with Crippen LogP contribution >= 0.6 is 24.0 Å². The zero-order chi connectivity index (χ0) is 19.4. The van der Waals surface area contributed by atoms with E-state index in [0.717, 1.165) is 43.5 Å². The van der Waals surface area contributed by atoms with Crippen molar-refractivity contribution in [1.29, 1.82) is 0 Å². The first-order chi connectivity index (χ1) is 13.7. The molecule has 1 aliphatic carbocycles. The molecule has 0 atom stereocenters. The van der Waals surface area contributed by atoms with Crippen molar-refractivity contribution in [1.82, 2.24) is 10.2 Å². The molecule has 160 valence electrons. The number of carbonyl (C=O) groups excluding carboxylic acids is 1. The molecule has 1 amide bonds. The summed E-state index contributed by atoms with van der Waals surface area (Å²) in [6, 6.07) is 7.76. The van der Waals surface area contributed by atoms with E-state index in [4.69, 9.17) is 4.74 Å². The lowest BCUT2D eigenvalue weighted by Crippen LogP contribution is -2.43. The summed E-state index contributed by atoms with van der Waals surface area (Å²) in [5.41, 5.74) is 1.40. The number of amides is 1. The van der Waals surface area contributed by atoms with Crippen LogP contribution in [0, 0.1) is 5.41 Å². The van der Waals surface area contributed by atoms with Gasteiger partial charge in [0.2, 0.25) is 0 Å². The molecular weight excluding hydrogens is 479 g/mol. The molecule has 6 nitrogen and oxygen atoms in total. The van der Waals surface area contributed by atoms with E-state index in [0.29, 0.717) is 12.0 Å². The number of ether oxygens (including phenoxy) is 1. The standard InChI is InChI=1S/C22H32N4O2.HI/c1-23-21(25-15-12-22(17-25)10-5-2-6-11-22)24-13-7-14-26-18-8-3-4-9-19(18)28-16-20(26)27;/h3-4,8-9H,2,5-7,10-17H2,1H3,(H,23,24);1H. The third-order valence-electron chi connectivity index (χ3n) is 6.51. The van der Waals surface area contributed by atoms with Crippen molar-refractivity contribution in [3.05, 3.63) is 24.3 Å².